The minimum Gasteiger partial charge on any atom is -0.486 e. The lowest BCUT2D eigenvalue weighted by Gasteiger charge is -2.37. The van der Waals surface area contributed by atoms with Crippen molar-refractivity contribution in [2.75, 3.05) is 32.8 Å². The molecule has 0 atom stereocenters. The first-order valence-corrected chi connectivity index (χ1v) is 13.0. The number of fused-ring (bicyclic) bond motifs is 2. The van der Waals surface area contributed by atoms with Crippen molar-refractivity contribution in [3.05, 3.63) is 67.5 Å². The fraction of sp³-hybridized carbons (Fsp3) is 0.423. The number of pyridine rings is 1. The third kappa shape index (κ3) is 5.14. The number of nitrogens with zero attached hydrogens (tertiary/aromatic N) is 3. The van der Waals surface area contributed by atoms with Gasteiger partial charge in [-0.25, -0.2) is 0 Å². The maximum atomic E-state index is 12.7. The zero-order chi connectivity index (χ0) is 23.7. The molecule has 2 aromatic carbocycles. The van der Waals surface area contributed by atoms with E-state index in [1.165, 1.54) is 0 Å². The lowest BCUT2D eigenvalue weighted by atomic mass is 9.99. The van der Waals surface area contributed by atoms with Crippen LogP contribution in [0.4, 0.5) is 0 Å². The van der Waals surface area contributed by atoms with Gasteiger partial charge in [0.15, 0.2) is 19.5 Å². The minimum atomic E-state index is 0.0782. The van der Waals surface area contributed by atoms with Crippen LogP contribution in [0.3, 0.4) is 0 Å². The van der Waals surface area contributed by atoms with Crippen molar-refractivity contribution in [2.45, 2.75) is 38.9 Å². The Morgan fingerprint density at radius 2 is 1.79 bits per heavy atom. The minimum absolute atomic E-state index is 0.0782. The van der Waals surface area contributed by atoms with Gasteiger partial charge in [-0.1, -0.05) is 12.1 Å². The van der Waals surface area contributed by atoms with E-state index in [0.717, 1.165) is 69.6 Å². The van der Waals surface area contributed by atoms with Crippen LogP contribution in [0.5, 0.6) is 11.5 Å². The molecule has 1 aromatic heterocycles. The standard InChI is InChI=1S/C26H29BIN3O3/c1-18-14-26(32)30(23-16-20(28)3-4-22(18)23)11-10-29-8-6-21(7-9-29)31(27)17-19-2-5-24-25(15-19)34-13-12-33-24/h2-5,14-16,21H,6-13,17H2,1H3. The summed E-state index contributed by atoms with van der Waals surface area (Å²) in [5.41, 5.74) is 3.28. The maximum absolute atomic E-state index is 12.7. The molecule has 0 aliphatic carbocycles. The highest BCUT2D eigenvalue weighted by atomic mass is 127. The number of likely N-dealkylation sites (tertiary alicyclic amines) is 1. The largest absolute Gasteiger partial charge is 0.486 e. The summed E-state index contributed by atoms with van der Waals surface area (Å²) in [7, 11) is 6.47. The summed E-state index contributed by atoms with van der Waals surface area (Å²) in [6, 6.07) is 14.5. The van der Waals surface area contributed by atoms with Crippen LogP contribution in [0.25, 0.3) is 10.9 Å². The lowest BCUT2D eigenvalue weighted by molar-refractivity contribution is 0.153. The van der Waals surface area contributed by atoms with Gasteiger partial charge in [0.25, 0.3) is 5.56 Å². The van der Waals surface area contributed by atoms with Crippen LogP contribution in [0, 0.1) is 10.5 Å². The Balaban J connectivity index is 1.17. The van der Waals surface area contributed by atoms with E-state index in [1.54, 1.807) is 6.07 Å². The Morgan fingerprint density at radius 3 is 2.59 bits per heavy atom. The second-order valence-electron chi connectivity index (χ2n) is 9.20. The Bertz CT molecular complexity index is 1240. The van der Waals surface area contributed by atoms with E-state index in [2.05, 4.69) is 51.8 Å². The van der Waals surface area contributed by atoms with Gasteiger partial charge in [0.05, 0.1) is 5.52 Å². The summed E-state index contributed by atoms with van der Waals surface area (Å²) < 4.78 is 14.4. The maximum Gasteiger partial charge on any atom is 0.251 e. The van der Waals surface area contributed by atoms with Crippen LogP contribution < -0.4 is 15.0 Å². The van der Waals surface area contributed by atoms with Gasteiger partial charge in [-0.05, 0) is 90.8 Å². The highest BCUT2D eigenvalue weighted by Gasteiger charge is 2.23. The summed E-state index contributed by atoms with van der Waals surface area (Å²) in [5.74, 6) is 1.61. The summed E-state index contributed by atoms with van der Waals surface area (Å²) in [6.07, 6.45) is 2.03. The first-order valence-electron chi connectivity index (χ1n) is 11.9. The van der Waals surface area contributed by atoms with Gasteiger partial charge < -0.3 is 23.8 Å². The molecule has 0 saturated carbocycles. The van der Waals surface area contributed by atoms with E-state index in [1.807, 2.05) is 28.4 Å². The number of aromatic nitrogens is 1. The number of aryl methyl sites for hydroxylation is 1. The van der Waals surface area contributed by atoms with E-state index in [0.29, 0.717) is 32.3 Å². The molecule has 0 bridgehead atoms. The van der Waals surface area contributed by atoms with Crippen molar-refractivity contribution in [2.24, 2.45) is 0 Å². The van der Waals surface area contributed by atoms with Crippen LogP contribution in [-0.4, -0.2) is 61.1 Å². The molecule has 1 fully saturated rings. The Morgan fingerprint density at radius 1 is 1.03 bits per heavy atom. The number of piperidine rings is 1. The third-order valence-corrected chi connectivity index (χ3v) is 7.59. The molecule has 3 aromatic rings. The Kier molecular flexibility index (Phi) is 7.18. The Hall–Kier alpha value is -2.04. The summed E-state index contributed by atoms with van der Waals surface area (Å²) >= 11 is 2.31. The van der Waals surface area contributed by atoms with Gasteiger partial charge >= 0.3 is 0 Å². The van der Waals surface area contributed by atoms with Gasteiger partial charge in [-0.15, -0.1) is 0 Å². The molecule has 5 rings (SSSR count). The molecular weight excluding hydrogens is 540 g/mol. The van der Waals surface area contributed by atoms with Crippen molar-refractivity contribution < 1.29 is 9.47 Å². The fourth-order valence-corrected chi connectivity index (χ4v) is 5.47. The Labute approximate surface area is 215 Å². The van der Waals surface area contributed by atoms with Crippen LogP contribution in [0.15, 0.2) is 47.3 Å². The van der Waals surface area contributed by atoms with Crippen LogP contribution >= 0.6 is 22.6 Å². The highest BCUT2D eigenvalue weighted by Crippen LogP contribution is 2.31. The van der Waals surface area contributed by atoms with E-state index < -0.39 is 0 Å². The molecule has 0 amide bonds. The zero-order valence-corrected chi connectivity index (χ0v) is 21.7. The second kappa shape index (κ2) is 10.3. The molecule has 176 valence electrons. The second-order valence-corrected chi connectivity index (χ2v) is 10.4. The topological polar surface area (TPSA) is 46.9 Å². The van der Waals surface area contributed by atoms with Crippen LogP contribution in [0.1, 0.15) is 24.0 Å². The molecule has 0 spiro atoms. The zero-order valence-electron chi connectivity index (χ0n) is 19.5. The normalized spacial score (nSPS) is 16.9. The van der Waals surface area contributed by atoms with E-state index in [-0.39, 0.29) is 5.56 Å². The fourth-order valence-electron chi connectivity index (χ4n) is 4.99. The van der Waals surface area contributed by atoms with Gasteiger partial charge in [0.1, 0.15) is 13.2 Å². The average molecular weight is 569 g/mol. The van der Waals surface area contributed by atoms with Crippen molar-refractivity contribution >= 4 is 41.5 Å². The summed E-state index contributed by atoms with van der Waals surface area (Å²) in [5, 5.41) is 1.15. The quantitative estimate of drug-likeness (QED) is 0.335. The number of ether oxygens (including phenoxy) is 2. The van der Waals surface area contributed by atoms with Gasteiger partial charge in [-0.3, -0.25) is 4.79 Å². The molecule has 3 heterocycles. The smallest absolute Gasteiger partial charge is 0.251 e. The molecule has 1 saturated heterocycles. The molecule has 0 N–H and O–H groups in total. The van der Waals surface area contributed by atoms with E-state index in [4.69, 9.17) is 17.5 Å². The molecule has 2 aliphatic heterocycles. The molecule has 34 heavy (non-hydrogen) atoms. The predicted octanol–water partition coefficient (Wildman–Crippen LogP) is 3.74. The number of rotatable bonds is 6. The number of benzene rings is 2. The van der Waals surface area contributed by atoms with Crippen LogP contribution in [-0.2, 0) is 13.1 Å². The SMILES string of the molecule is [B]N(Cc1ccc2c(c1)OCCO2)C1CCN(CCn2c(=O)cc(C)c3ccc(I)cc32)CC1. The molecule has 8 heteroatoms. The first-order chi connectivity index (χ1) is 16.5. The summed E-state index contributed by atoms with van der Waals surface area (Å²) in [4.78, 5) is 17.2. The van der Waals surface area contributed by atoms with Crippen molar-refractivity contribution in [3.63, 3.8) is 0 Å². The third-order valence-electron chi connectivity index (χ3n) is 6.92. The summed E-state index contributed by atoms with van der Waals surface area (Å²) in [6.45, 7) is 7.41. The average Bonchev–Trinajstić information content (AvgIpc) is 2.84. The van der Waals surface area contributed by atoms with Crippen LogP contribution in [0.2, 0.25) is 0 Å². The van der Waals surface area contributed by atoms with Crippen molar-refractivity contribution in [1.82, 2.24) is 14.3 Å². The van der Waals surface area contributed by atoms with Crippen molar-refractivity contribution in [1.29, 1.82) is 0 Å². The van der Waals surface area contributed by atoms with Gasteiger partial charge in [0, 0.05) is 40.7 Å². The lowest BCUT2D eigenvalue weighted by Crippen LogP contribution is -2.44. The monoisotopic (exact) mass is 569 g/mol. The van der Waals surface area contributed by atoms with E-state index in [9.17, 15) is 4.79 Å². The first kappa shape index (κ1) is 23.7. The molecule has 2 aliphatic rings. The highest BCUT2D eigenvalue weighted by molar-refractivity contribution is 14.1. The van der Waals surface area contributed by atoms with Gasteiger partial charge in [-0.2, -0.15) is 0 Å². The van der Waals surface area contributed by atoms with Crippen molar-refractivity contribution in [3.8, 4) is 11.5 Å². The molecule has 2 radical (unpaired) electrons. The number of halogens is 1. The number of hydrogen-bond acceptors (Lipinski definition) is 5. The van der Waals surface area contributed by atoms with E-state index >= 15 is 0 Å². The van der Waals surface area contributed by atoms with Gasteiger partial charge in [0.2, 0.25) is 0 Å². The predicted molar refractivity (Wildman–Crippen MR) is 144 cm³/mol. The molecule has 6 nitrogen and oxygen atoms in total. The molecular formula is C26H29BIN3O3. The molecule has 0 unspecified atom stereocenters. The number of hydrogen-bond donors (Lipinski definition) is 0.